The summed E-state index contributed by atoms with van der Waals surface area (Å²) in [6, 6.07) is 25.3. The Labute approximate surface area is 173 Å². The number of fused-ring (bicyclic) bond motifs is 2. The lowest BCUT2D eigenvalue weighted by Gasteiger charge is -2.12. The van der Waals surface area contributed by atoms with Crippen molar-refractivity contribution in [3.63, 3.8) is 0 Å². The van der Waals surface area contributed by atoms with E-state index in [4.69, 9.17) is 9.47 Å². The van der Waals surface area contributed by atoms with Crippen LogP contribution < -0.4 is 9.47 Å². The molecule has 0 atom stereocenters. The van der Waals surface area contributed by atoms with E-state index >= 15 is 0 Å². The monoisotopic (exact) mass is 391 g/mol. The first-order valence-electron chi connectivity index (χ1n) is 9.55. The molecule has 2 heterocycles. The maximum Gasteiger partial charge on any atom is 0.139 e. The van der Waals surface area contributed by atoms with Gasteiger partial charge in [0.1, 0.15) is 29.9 Å². The Kier molecular flexibility index (Phi) is 4.51. The van der Waals surface area contributed by atoms with Crippen LogP contribution in [-0.2, 0) is 6.61 Å². The molecule has 0 fully saturated rings. The topological polar surface area (TPSA) is 70.9 Å². The molecule has 3 aromatic carbocycles. The molecule has 1 N–H and O–H groups in total. The molecule has 0 aliphatic carbocycles. The third-order valence-electron chi connectivity index (χ3n) is 4.91. The van der Waals surface area contributed by atoms with Gasteiger partial charge in [0.2, 0.25) is 0 Å². The van der Waals surface area contributed by atoms with Crippen LogP contribution in [0.3, 0.4) is 0 Å². The summed E-state index contributed by atoms with van der Waals surface area (Å²) in [5, 5.41) is 11.5. The van der Waals surface area contributed by atoms with Gasteiger partial charge in [-0.2, -0.15) is 5.26 Å². The molecule has 0 bridgehead atoms. The zero-order chi connectivity index (χ0) is 20.3. The van der Waals surface area contributed by atoms with Crippen molar-refractivity contribution in [2.45, 2.75) is 6.61 Å². The molecule has 0 aliphatic heterocycles. The second-order valence-electron chi connectivity index (χ2n) is 6.89. The Morgan fingerprint density at radius 1 is 0.933 bits per heavy atom. The zero-order valence-electron chi connectivity index (χ0n) is 16.0. The standard InChI is InChI=1S/C25H17N3O2/c26-15-19-13-21-23(14-25(19)29-16-17-4-2-1-3-5-17)28-11-9-24(21)30-20-6-7-22-18(12-20)8-10-27-22/h1-14,27H,16H2. The summed E-state index contributed by atoms with van der Waals surface area (Å²) in [6.45, 7) is 0.383. The van der Waals surface area contributed by atoms with E-state index < -0.39 is 0 Å². The minimum absolute atomic E-state index is 0.383. The van der Waals surface area contributed by atoms with Crippen LogP contribution in [0.5, 0.6) is 17.2 Å². The van der Waals surface area contributed by atoms with Crippen molar-refractivity contribution >= 4 is 21.8 Å². The Hall–Kier alpha value is -4.30. The van der Waals surface area contributed by atoms with Gasteiger partial charge in [0.05, 0.1) is 11.1 Å². The van der Waals surface area contributed by atoms with Crippen molar-refractivity contribution in [1.82, 2.24) is 9.97 Å². The molecule has 30 heavy (non-hydrogen) atoms. The summed E-state index contributed by atoms with van der Waals surface area (Å²) in [6.07, 6.45) is 3.59. The predicted molar refractivity (Wildman–Crippen MR) is 116 cm³/mol. The second kappa shape index (κ2) is 7.61. The first kappa shape index (κ1) is 17.8. The van der Waals surface area contributed by atoms with Gasteiger partial charge in [0.25, 0.3) is 0 Å². The van der Waals surface area contributed by atoms with Gasteiger partial charge in [-0.1, -0.05) is 30.3 Å². The minimum Gasteiger partial charge on any atom is -0.487 e. The molecule has 0 spiro atoms. The highest BCUT2D eigenvalue weighted by molar-refractivity contribution is 5.88. The molecule has 0 amide bonds. The average molecular weight is 391 g/mol. The molecule has 2 aromatic heterocycles. The van der Waals surface area contributed by atoms with Crippen molar-refractivity contribution in [1.29, 1.82) is 5.26 Å². The summed E-state index contributed by atoms with van der Waals surface area (Å²) in [5.74, 6) is 1.87. The van der Waals surface area contributed by atoms with E-state index in [9.17, 15) is 5.26 Å². The predicted octanol–water partition coefficient (Wildman–Crippen LogP) is 5.96. The van der Waals surface area contributed by atoms with Gasteiger partial charge in [-0.3, -0.25) is 4.98 Å². The van der Waals surface area contributed by atoms with Crippen LogP contribution in [0.1, 0.15) is 11.1 Å². The lowest BCUT2D eigenvalue weighted by Crippen LogP contribution is -1.98. The number of rotatable bonds is 5. The van der Waals surface area contributed by atoms with E-state index in [1.807, 2.05) is 60.8 Å². The molecule has 0 saturated heterocycles. The van der Waals surface area contributed by atoms with E-state index in [-0.39, 0.29) is 0 Å². The maximum absolute atomic E-state index is 9.66. The molecule has 0 unspecified atom stereocenters. The van der Waals surface area contributed by atoms with E-state index in [1.54, 1.807) is 24.4 Å². The molecule has 5 aromatic rings. The van der Waals surface area contributed by atoms with Crippen LogP contribution in [0, 0.1) is 11.3 Å². The lowest BCUT2D eigenvalue weighted by atomic mass is 10.1. The molecule has 5 heteroatoms. The highest BCUT2D eigenvalue weighted by Gasteiger charge is 2.12. The summed E-state index contributed by atoms with van der Waals surface area (Å²) < 4.78 is 12.0. The fraction of sp³-hybridized carbons (Fsp3) is 0.0400. The average Bonchev–Trinajstić information content (AvgIpc) is 3.26. The van der Waals surface area contributed by atoms with Crippen molar-refractivity contribution < 1.29 is 9.47 Å². The number of ether oxygens (including phenoxy) is 2. The number of nitrogens with zero attached hydrogens (tertiary/aromatic N) is 2. The smallest absolute Gasteiger partial charge is 0.139 e. The normalized spacial score (nSPS) is 10.8. The third kappa shape index (κ3) is 3.43. The number of aromatic amines is 1. The Balaban J connectivity index is 1.48. The Morgan fingerprint density at radius 3 is 2.70 bits per heavy atom. The van der Waals surface area contributed by atoms with Crippen molar-refractivity contribution in [3.8, 4) is 23.3 Å². The Morgan fingerprint density at radius 2 is 1.83 bits per heavy atom. The summed E-state index contributed by atoms with van der Waals surface area (Å²) in [5.41, 5.74) is 3.23. The number of H-pyrrole nitrogens is 1. The largest absolute Gasteiger partial charge is 0.487 e. The van der Waals surface area contributed by atoms with Crippen molar-refractivity contribution in [2.24, 2.45) is 0 Å². The van der Waals surface area contributed by atoms with Gasteiger partial charge in [-0.05, 0) is 42.0 Å². The van der Waals surface area contributed by atoms with Gasteiger partial charge in [-0.25, -0.2) is 0 Å². The first-order chi connectivity index (χ1) is 14.8. The summed E-state index contributed by atoms with van der Waals surface area (Å²) >= 11 is 0. The fourth-order valence-corrected chi connectivity index (χ4v) is 3.40. The minimum atomic E-state index is 0.383. The van der Waals surface area contributed by atoms with Crippen molar-refractivity contribution in [2.75, 3.05) is 0 Å². The number of pyridine rings is 1. The molecule has 144 valence electrons. The lowest BCUT2D eigenvalue weighted by molar-refractivity contribution is 0.305. The van der Waals surface area contributed by atoms with Gasteiger partial charge in [-0.15, -0.1) is 0 Å². The number of hydrogen-bond donors (Lipinski definition) is 1. The van der Waals surface area contributed by atoms with E-state index in [1.165, 1.54) is 0 Å². The molecular weight excluding hydrogens is 374 g/mol. The first-order valence-corrected chi connectivity index (χ1v) is 9.55. The summed E-state index contributed by atoms with van der Waals surface area (Å²) in [4.78, 5) is 7.61. The molecule has 0 aliphatic rings. The molecule has 5 rings (SSSR count). The van der Waals surface area contributed by atoms with Crippen LogP contribution in [0.25, 0.3) is 21.8 Å². The number of nitriles is 1. The van der Waals surface area contributed by atoms with Crippen LogP contribution in [0.4, 0.5) is 0 Å². The van der Waals surface area contributed by atoms with Gasteiger partial charge in [0, 0.05) is 34.7 Å². The SMILES string of the molecule is N#Cc1cc2c(Oc3ccc4[nH]ccc4c3)ccnc2cc1OCc1ccccc1. The van der Waals surface area contributed by atoms with Gasteiger partial charge < -0.3 is 14.5 Å². The number of benzene rings is 3. The third-order valence-corrected chi connectivity index (χ3v) is 4.91. The summed E-state index contributed by atoms with van der Waals surface area (Å²) in [7, 11) is 0. The molecular formula is C25H17N3O2. The second-order valence-corrected chi connectivity index (χ2v) is 6.89. The van der Waals surface area contributed by atoms with E-state index in [2.05, 4.69) is 16.0 Å². The molecule has 5 nitrogen and oxygen atoms in total. The Bertz CT molecular complexity index is 1380. The number of hydrogen-bond acceptors (Lipinski definition) is 4. The zero-order valence-corrected chi connectivity index (χ0v) is 16.0. The van der Waals surface area contributed by atoms with Crippen molar-refractivity contribution in [3.05, 3.63) is 96.3 Å². The van der Waals surface area contributed by atoms with Gasteiger partial charge in [0.15, 0.2) is 0 Å². The molecule has 0 radical (unpaired) electrons. The van der Waals surface area contributed by atoms with E-state index in [0.29, 0.717) is 29.2 Å². The van der Waals surface area contributed by atoms with Crippen LogP contribution >= 0.6 is 0 Å². The van der Waals surface area contributed by atoms with Crippen LogP contribution in [-0.4, -0.2) is 9.97 Å². The van der Waals surface area contributed by atoms with Crippen LogP contribution in [0.2, 0.25) is 0 Å². The van der Waals surface area contributed by atoms with Gasteiger partial charge >= 0.3 is 0 Å². The quantitative estimate of drug-likeness (QED) is 0.401. The number of aromatic nitrogens is 2. The highest BCUT2D eigenvalue weighted by atomic mass is 16.5. The van der Waals surface area contributed by atoms with E-state index in [0.717, 1.165) is 27.6 Å². The van der Waals surface area contributed by atoms with Crippen LogP contribution in [0.15, 0.2) is 85.2 Å². The maximum atomic E-state index is 9.66. The fourth-order valence-electron chi connectivity index (χ4n) is 3.40. The highest BCUT2D eigenvalue weighted by Crippen LogP contribution is 2.34. The number of nitrogens with one attached hydrogen (secondary N) is 1. The molecule has 0 saturated carbocycles.